The molecule has 25 heavy (non-hydrogen) atoms. The molecule has 0 spiro atoms. The molecule has 6 heteroatoms. The Balaban J connectivity index is 1.79. The highest BCUT2D eigenvalue weighted by molar-refractivity contribution is 7.98. The largest absolute Gasteiger partial charge is 0.335 e. The third-order valence-electron chi connectivity index (χ3n) is 4.95. The Morgan fingerprint density at radius 1 is 1.20 bits per heavy atom. The number of nitrogens with one attached hydrogen (secondary N) is 3. The van der Waals surface area contributed by atoms with Gasteiger partial charge in [0.25, 0.3) is 5.91 Å². The molecule has 138 valence electrons. The molecule has 1 aromatic carbocycles. The second-order valence-corrected chi connectivity index (χ2v) is 7.77. The van der Waals surface area contributed by atoms with E-state index in [0.717, 1.165) is 37.1 Å². The average Bonchev–Trinajstić information content (AvgIpc) is 2.62. The number of imide groups is 1. The van der Waals surface area contributed by atoms with E-state index < -0.39 is 0 Å². The lowest BCUT2D eigenvalue weighted by atomic mass is 9.96. The third-order valence-corrected chi connectivity index (χ3v) is 5.70. The van der Waals surface area contributed by atoms with Gasteiger partial charge in [-0.1, -0.05) is 31.4 Å². The number of hydrogen-bond acceptors (Lipinski definition) is 3. The van der Waals surface area contributed by atoms with Gasteiger partial charge in [-0.05, 0) is 38.2 Å². The fraction of sp³-hybridized carbons (Fsp3) is 0.579. The first-order valence-electron chi connectivity index (χ1n) is 9.06. The molecule has 2 atom stereocenters. The molecule has 3 N–H and O–H groups in total. The Bertz CT molecular complexity index is 571. The Kier molecular flexibility index (Phi) is 7.78. The zero-order chi connectivity index (χ0) is 18.2. The topological polar surface area (TPSA) is 62.6 Å². The van der Waals surface area contributed by atoms with Gasteiger partial charge in [-0.3, -0.25) is 10.1 Å². The molecule has 3 amide bonds. The van der Waals surface area contributed by atoms with Gasteiger partial charge in [-0.15, -0.1) is 11.8 Å². The van der Waals surface area contributed by atoms with Crippen LogP contribution in [-0.2, 0) is 11.3 Å². The van der Waals surface area contributed by atoms with E-state index in [1.165, 1.54) is 16.9 Å². The molecular formula is C19H30N3O2S+. The summed E-state index contributed by atoms with van der Waals surface area (Å²) in [7, 11) is 1.98. The maximum absolute atomic E-state index is 12.3. The molecule has 0 aromatic heterocycles. The Morgan fingerprint density at radius 3 is 2.44 bits per heavy atom. The molecule has 1 aliphatic rings. The quantitative estimate of drug-likeness (QED) is 0.676. The zero-order valence-corrected chi connectivity index (χ0v) is 16.2. The fourth-order valence-corrected chi connectivity index (χ4v) is 3.54. The first-order chi connectivity index (χ1) is 12.0. The number of hydrogen-bond donors (Lipinski definition) is 3. The highest BCUT2D eigenvalue weighted by Crippen LogP contribution is 2.17. The number of carbonyl (C=O) groups excluding carboxylic acids is 2. The predicted octanol–water partition coefficient (Wildman–Crippen LogP) is 1.97. The third kappa shape index (κ3) is 6.36. The molecular weight excluding hydrogens is 334 g/mol. The summed E-state index contributed by atoms with van der Waals surface area (Å²) in [5, 5.41) is 5.42. The molecule has 1 aliphatic carbocycles. The van der Waals surface area contributed by atoms with Crippen molar-refractivity contribution in [2.24, 2.45) is 0 Å². The van der Waals surface area contributed by atoms with E-state index in [2.05, 4.69) is 41.2 Å². The fourth-order valence-electron chi connectivity index (χ4n) is 3.13. The van der Waals surface area contributed by atoms with Crippen LogP contribution in [0.4, 0.5) is 4.79 Å². The van der Waals surface area contributed by atoms with Crippen molar-refractivity contribution in [2.45, 2.75) is 62.6 Å². The molecule has 0 radical (unpaired) electrons. The Morgan fingerprint density at radius 2 is 1.84 bits per heavy atom. The summed E-state index contributed by atoms with van der Waals surface area (Å²) in [4.78, 5) is 26.6. The monoisotopic (exact) mass is 364 g/mol. The van der Waals surface area contributed by atoms with Gasteiger partial charge in [0.05, 0.1) is 7.05 Å². The average molecular weight is 365 g/mol. The van der Waals surface area contributed by atoms with Crippen LogP contribution in [0.25, 0.3) is 0 Å². The summed E-state index contributed by atoms with van der Waals surface area (Å²) in [5.74, 6) is -0.230. The molecule has 0 saturated heterocycles. The molecule has 1 saturated carbocycles. The van der Waals surface area contributed by atoms with Crippen LogP contribution in [0.2, 0.25) is 0 Å². The van der Waals surface area contributed by atoms with Crippen LogP contribution in [0.3, 0.4) is 0 Å². The van der Waals surface area contributed by atoms with E-state index in [-0.39, 0.29) is 24.0 Å². The zero-order valence-electron chi connectivity index (χ0n) is 15.4. The minimum absolute atomic E-state index is 0.205. The Hall–Kier alpha value is -1.53. The van der Waals surface area contributed by atoms with Crippen LogP contribution < -0.4 is 15.5 Å². The first-order valence-corrected chi connectivity index (χ1v) is 10.3. The molecule has 2 rings (SSSR count). The highest BCUT2D eigenvalue weighted by Gasteiger charge is 2.25. The number of quaternary nitrogens is 1. The number of rotatable bonds is 6. The lowest BCUT2D eigenvalue weighted by Crippen LogP contribution is -3.12. The maximum Gasteiger partial charge on any atom is 0.321 e. The van der Waals surface area contributed by atoms with E-state index in [1.807, 2.05) is 14.0 Å². The van der Waals surface area contributed by atoms with Crippen LogP contribution in [0, 0.1) is 0 Å². The van der Waals surface area contributed by atoms with Gasteiger partial charge in [0, 0.05) is 16.5 Å². The number of amides is 3. The van der Waals surface area contributed by atoms with Crippen LogP contribution in [0.5, 0.6) is 0 Å². The summed E-state index contributed by atoms with van der Waals surface area (Å²) in [5.41, 5.74) is 1.18. The number of benzene rings is 1. The van der Waals surface area contributed by atoms with Crippen molar-refractivity contribution < 1.29 is 14.5 Å². The predicted molar refractivity (Wildman–Crippen MR) is 102 cm³/mol. The molecule has 0 aliphatic heterocycles. The molecule has 0 heterocycles. The normalized spacial score (nSPS) is 17.6. The minimum atomic E-state index is -0.360. The van der Waals surface area contributed by atoms with Crippen molar-refractivity contribution in [1.29, 1.82) is 0 Å². The summed E-state index contributed by atoms with van der Waals surface area (Å²) in [6, 6.07) is 7.92. The Labute approximate surface area is 154 Å². The molecule has 0 bridgehead atoms. The maximum atomic E-state index is 12.3. The van der Waals surface area contributed by atoms with Gasteiger partial charge in [0.2, 0.25) is 0 Å². The molecule has 1 aromatic rings. The number of carbonyl (C=O) groups is 2. The van der Waals surface area contributed by atoms with Crippen LogP contribution in [0.1, 0.15) is 44.6 Å². The second kappa shape index (κ2) is 9.82. The summed E-state index contributed by atoms with van der Waals surface area (Å²) >= 11 is 1.71. The van der Waals surface area contributed by atoms with Crippen molar-refractivity contribution in [3.05, 3.63) is 29.8 Å². The van der Waals surface area contributed by atoms with E-state index >= 15 is 0 Å². The SMILES string of the molecule is CSc1ccc(C[NH+](C)[C@H](C)C(=O)NC(=O)NC2CCCCC2)cc1. The second-order valence-electron chi connectivity index (χ2n) is 6.89. The number of urea groups is 1. The lowest BCUT2D eigenvalue weighted by Gasteiger charge is -2.24. The van der Waals surface area contributed by atoms with Crippen LogP contribution >= 0.6 is 11.8 Å². The summed E-state index contributed by atoms with van der Waals surface area (Å²) in [6.45, 7) is 2.60. The van der Waals surface area contributed by atoms with Crippen molar-refractivity contribution in [3.8, 4) is 0 Å². The van der Waals surface area contributed by atoms with Crippen LogP contribution in [0.15, 0.2) is 29.2 Å². The molecule has 1 fully saturated rings. The lowest BCUT2D eigenvalue weighted by molar-refractivity contribution is -0.908. The summed E-state index contributed by atoms with van der Waals surface area (Å²) in [6.07, 6.45) is 7.61. The first kappa shape index (κ1) is 19.8. The van der Waals surface area contributed by atoms with Crippen molar-refractivity contribution in [2.75, 3.05) is 13.3 Å². The van der Waals surface area contributed by atoms with Gasteiger partial charge in [-0.2, -0.15) is 0 Å². The number of thioether (sulfide) groups is 1. The van der Waals surface area contributed by atoms with E-state index in [9.17, 15) is 9.59 Å². The molecule has 1 unspecified atom stereocenters. The standard InChI is InChI=1S/C19H29N3O2S/c1-14(22(2)13-15-9-11-17(25-3)12-10-15)18(23)21-19(24)20-16-7-5-4-6-8-16/h9-12,14,16H,4-8,13H2,1-3H3,(H2,20,21,23,24)/p+1/t14-/m1/s1. The van der Waals surface area contributed by atoms with E-state index in [0.29, 0.717) is 0 Å². The van der Waals surface area contributed by atoms with Crippen molar-refractivity contribution in [3.63, 3.8) is 0 Å². The van der Waals surface area contributed by atoms with E-state index in [1.54, 1.807) is 11.8 Å². The van der Waals surface area contributed by atoms with Gasteiger partial charge in [0.15, 0.2) is 6.04 Å². The van der Waals surface area contributed by atoms with Gasteiger partial charge in [0.1, 0.15) is 6.54 Å². The van der Waals surface area contributed by atoms with Crippen molar-refractivity contribution >= 4 is 23.7 Å². The van der Waals surface area contributed by atoms with Crippen molar-refractivity contribution in [1.82, 2.24) is 10.6 Å². The smallest absolute Gasteiger partial charge is 0.321 e. The molecule has 5 nitrogen and oxygen atoms in total. The van der Waals surface area contributed by atoms with Gasteiger partial charge < -0.3 is 10.2 Å². The highest BCUT2D eigenvalue weighted by atomic mass is 32.2. The van der Waals surface area contributed by atoms with Gasteiger partial charge in [-0.25, -0.2) is 4.79 Å². The summed E-state index contributed by atoms with van der Waals surface area (Å²) < 4.78 is 0. The van der Waals surface area contributed by atoms with Crippen LogP contribution in [-0.4, -0.2) is 37.3 Å². The van der Waals surface area contributed by atoms with Gasteiger partial charge >= 0.3 is 6.03 Å². The number of likely N-dealkylation sites (N-methyl/N-ethyl adjacent to an activating group) is 1. The minimum Gasteiger partial charge on any atom is -0.335 e. The van der Waals surface area contributed by atoms with E-state index in [4.69, 9.17) is 0 Å².